The van der Waals surface area contributed by atoms with Crippen molar-refractivity contribution in [3.05, 3.63) is 0 Å². The zero-order chi connectivity index (χ0) is 9.22. The van der Waals surface area contributed by atoms with Gasteiger partial charge in [-0.15, -0.1) is 0 Å². The van der Waals surface area contributed by atoms with Gasteiger partial charge in [0.05, 0.1) is 6.10 Å². The molecule has 3 rings (SSSR count). The first-order valence-electron chi connectivity index (χ1n) is 5.28. The normalized spacial score (nSPS) is 58.8. The molecule has 2 heteroatoms. The van der Waals surface area contributed by atoms with Gasteiger partial charge in [0, 0.05) is 5.41 Å². The minimum Gasteiger partial charge on any atom is -0.370 e. The third-order valence-corrected chi connectivity index (χ3v) is 4.76. The largest absolute Gasteiger partial charge is 0.370 e. The Labute approximate surface area is 78.6 Å². The zero-order valence-corrected chi connectivity index (χ0v) is 8.25. The molecule has 3 fully saturated rings. The Morgan fingerprint density at radius 2 is 2.31 bits per heavy atom. The molecule has 1 heterocycles. The van der Waals surface area contributed by atoms with E-state index in [4.69, 9.17) is 4.74 Å². The second kappa shape index (κ2) is 2.17. The summed E-state index contributed by atoms with van der Waals surface area (Å²) in [7, 11) is 0. The summed E-state index contributed by atoms with van der Waals surface area (Å²) in [6.07, 6.45) is 2.74. The highest BCUT2D eigenvalue weighted by Crippen LogP contribution is 2.61. The quantitative estimate of drug-likeness (QED) is 0.566. The highest BCUT2D eigenvalue weighted by atomic mass is 16.5. The van der Waals surface area contributed by atoms with Crippen molar-refractivity contribution < 1.29 is 9.53 Å². The SMILES string of the molecule is C[C@@H]1C2CC3C1OCC(=O)[C@]3(C)C2. The summed E-state index contributed by atoms with van der Waals surface area (Å²) < 4.78 is 5.64. The van der Waals surface area contributed by atoms with Crippen LogP contribution in [-0.4, -0.2) is 18.5 Å². The molecule has 2 aliphatic carbocycles. The third-order valence-electron chi connectivity index (χ3n) is 4.76. The lowest BCUT2D eigenvalue weighted by Crippen LogP contribution is -2.51. The van der Waals surface area contributed by atoms with Gasteiger partial charge in [0.2, 0.25) is 0 Å². The molecule has 3 aliphatic rings. The standard InChI is InChI=1S/C11H16O2/c1-6-7-3-8-10(6)13-5-9(12)11(8,2)4-7/h6-8,10H,3-5H2,1-2H3/t6-,7?,8?,10?,11-/m1/s1. The number of hydrogen-bond donors (Lipinski definition) is 0. The van der Waals surface area contributed by atoms with Gasteiger partial charge >= 0.3 is 0 Å². The summed E-state index contributed by atoms with van der Waals surface area (Å²) >= 11 is 0. The van der Waals surface area contributed by atoms with Crippen LogP contribution in [0.5, 0.6) is 0 Å². The minimum atomic E-state index is -0.0138. The Morgan fingerprint density at radius 3 is 3.00 bits per heavy atom. The molecule has 5 atom stereocenters. The maximum Gasteiger partial charge on any atom is 0.164 e. The average molecular weight is 180 g/mol. The lowest BCUT2D eigenvalue weighted by molar-refractivity contribution is -0.161. The summed E-state index contributed by atoms with van der Waals surface area (Å²) in [5, 5.41) is 0. The molecule has 0 radical (unpaired) electrons. The molecular formula is C11H16O2. The molecule has 2 bridgehead atoms. The molecule has 0 spiro atoms. The predicted molar refractivity (Wildman–Crippen MR) is 48.2 cm³/mol. The fourth-order valence-electron chi connectivity index (χ4n) is 3.82. The number of ether oxygens (including phenoxy) is 1. The molecule has 72 valence electrons. The molecule has 13 heavy (non-hydrogen) atoms. The first kappa shape index (κ1) is 7.98. The van der Waals surface area contributed by atoms with Gasteiger partial charge in [-0.2, -0.15) is 0 Å². The predicted octanol–water partition coefficient (Wildman–Crippen LogP) is 1.64. The van der Waals surface area contributed by atoms with Crippen molar-refractivity contribution in [1.29, 1.82) is 0 Å². The van der Waals surface area contributed by atoms with E-state index in [1.807, 2.05) is 0 Å². The summed E-state index contributed by atoms with van der Waals surface area (Å²) in [6, 6.07) is 0. The number of ketones is 1. The molecule has 3 unspecified atom stereocenters. The van der Waals surface area contributed by atoms with Crippen molar-refractivity contribution in [2.75, 3.05) is 6.61 Å². The fourth-order valence-corrected chi connectivity index (χ4v) is 3.82. The Morgan fingerprint density at radius 1 is 1.54 bits per heavy atom. The number of Topliss-reactive ketones (excluding diaryl/α,β-unsaturated/α-hetero) is 1. The van der Waals surface area contributed by atoms with Gasteiger partial charge in [-0.05, 0) is 30.6 Å². The summed E-state index contributed by atoms with van der Waals surface area (Å²) in [5.41, 5.74) is -0.0138. The van der Waals surface area contributed by atoms with Crippen LogP contribution < -0.4 is 0 Å². The van der Waals surface area contributed by atoms with E-state index in [1.165, 1.54) is 6.42 Å². The van der Waals surface area contributed by atoms with Crippen LogP contribution in [0.25, 0.3) is 0 Å². The molecule has 0 aromatic heterocycles. The maximum absolute atomic E-state index is 11.7. The van der Waals surface area contributed by atoms with Gasteiger partial charge in [-0.1, -0.05) is 13.8 Å². The highest BCUT2D eigenvalue weighted by molar-refractivity contribution is 5.87. The van der Waals surface area contributed by atoms with Crippen LogP contribution in [-0.2, 0) is 9.53 Å². The van der Waals surface area contributed by atoms with Gasteiger partial charge in [0.1, 0.15) is 6.61 Å². The van der Waals surface area contributed by atoms with Crippen LogP contribution in [0.1, 0.15) is 26.7 Å². The van der Waals surface area contributed by atoms with Crippen molar-refractivity contribution in [1.82, 2.24) is 0 Å². The monoisotopic (exact) mass is 180 g/mol. The van der Waals surface area contributed by atoms with Crippen molar-refractivity contribution in [3.8, 4) is 0 Å². The maximum atomic E-state index is 11.7. The van der Waals surface area contributed by atoms with E-state index >= 15 is 0 Å². The molecule has 0 aromatic rings. The first-order chi connectivity index (χ1) is 6.13. The summed E-state index contributed by atoms with van der Waals surface area (Å²) in [5.74, 6) is 2.33. The molecule has 1 aliphatic heterocycles. The van der Waals surface area contributed by atoms with E-state index in [0.29, 0.717) is 30.3 Å². The number of hydrogen-bond acceptors (Lipinski definition) is 2. The zero-order valence-electron chi connectivity index (χ0n) is 8.25. The van der Waals surface area contributed by atoms with E-state index in [9.17, 15) is 4.79 Å². The Hall–Kier alpha value is -0.370. The number of fused-ring (bicyclic) bond motifs is 1. The first-order valence-corrected chi connectivity index (χ1v) is 5.28. The third kappa shape index (κ3) is 0.762. The van der Waals surface area contributed by atoms with Crippen LogP contribution >= 0.6 is 0 Å². The Balaban J connectivity index is 2.03. The molecular weight excluding hydrogens is 164 g/mol. The Kier molecular flexibility index (Phi) is 1.33. The van der Waals surface area contributed by atoms with Crippen LogP contribution in [0, 0.1) is 23.2 Å². The van der Waals surface area contributed by atoms with E-state index < -0.39 is 0 Å². The van der Waals surface area contributed by atoms with E-state index in [0.717, 1.165) is 12.3 Å². The van der Waals surface area contributed by atoms with Gasteiger partial charge < -0.3 is 4.74 Å². The number of carbonyl (C=O) groups excluding carboxylic acids is 1. The molecule has 0 aromatic carbocycles. The van der Waals surface area contributed by atoms with E-state index in [2.05, 4.69) is 13.8 Å². The fraction of sp³-hybridized carbons (Fsp3) is 0.909. The topological polar surface area (TPSA) is 26.3 Å². The van der Waals surface area contributed by atoms with Crippen LogP contribution in [0.4, 0.5) is 0 Å². The van der Waals surface area contributed by atoms with E-state index in [-0.39, 0.29) is 5.41 Å². The van der Waals surface area contributed by atoms with Crippen molar-refractivity contribution in [2.24, 2.45) is 23.2 Å². The number of rotatable bonds is 0. The highest BCUT2D eigenvalue weighted by Gasteiger charge is 2.62. The van der Waals surface area contributed by atoms with Crippen LogP contribution in [0.15, 0.2) is 0 Å². The van der Waals surface area contributed by atoms with E-state index in [1.54, 1.807) is 0 Å². The van der Waals surface area contributed by atoms with Crippen molar-refractivity contribution in [3.63, 3.8) is 0 Å². The minimum absolute atomic E-state index is 0.0138. The lowest BCUT2D eigenvalue weighted by atomic mass is 9.66. The lowest BCUT2D eigenvalue weighted by Gasteiger charge is -2.44. The summed E-state index contributed by atoms with van der Waals surface area (Å²) in [6.45, 7) is 4.81. The van der Waals surface area contributed by atoms with Crippen molar-refractivity contribution >= 4 is 5.78 Å². The summed E-state index contributed by atoms with van der Waals surface area (Å²) in [4.78, 5) is 11.7. The van der Waals surface area contributed by atoms with Crippen LogP contribution in [0.2, 0.25) is 0 Å². The van der Waals surface area contributed by atoms with Gasteiger partial charge in [0.15, 0.2) is 5.78 Å². The Bertz CT molecular complexity index is 273. The second-order valence-electron chi connectivity index (χ2n) is 5.28. The van der Waals surface area contributed by atoms with Crippen LogP contribution in [0.3, 0.4) is 0 Å². The van der Waals surface area contributed by atoms with Gasteiger partial charge in [-0.25, -0.2) is 0 Å². The molecule has 2 saturated carbocycles. The van der Waals surface area contributed by atoms with Gasteiger partial charge in [-0.3, -0.25) is 4.79 Å². The molecule has 1 saturated heterocycles. The smallest absolute Gasteiger partial charge is 0.164 e. The van der Waals surface area contributed by atoms with Gasteiger partial charge in [0.25, 0.3) is 0 Å². The average Bonchev–Trinajstić information content (AvgIpc) is 2.57. The molecule has 0 N–H and O–H groups in total. The van der Waals surface area contributed by atoms with Crippen molar-refractivity contribution in [2.45, 2.75) is 32.8 Å². The second-order valence-corrected chi connectivity index (χ2v) is 5.28. The molecule has 0 amide bonds. The molecule has 2 nitrogen and oxygen atoms in total. The number of carbonyl (C=O) groups is 1.